The maximum Gasteiger partial charge on any atom is 0.0460 e. The van der Waals surface area contributed by atoms with Gasteiger partial charge in [0.05, 0.1) is 0 Å². The van der Waals surface area contributed by atoms with Crippen molar-refractivity contribution in [2.45, 2.75) is 51.0 Å². The molecular weight excluding hydrogens is 292 g/mol. The number of H-pyrrole nitrogens is 1. The van der Waals surface area contributed by atoms with E-state index in [-0.39, 0.29) is 0 Å². The zero-order valence-electron chi connectivity index (χ0n) is 14.4. The van der Waals surface area contributed by atoms with Crippen molar-refractivity contribution in [1.82, 2.24) is 9.88 Å². The van der Waals surface area contributed by atoms with Crippen molar-refractivity contribution >= 4 is 22.0 Å². The van der Waals surface area contributed by atoms with Crippen LogP contribution in [0.15, 0.2) is 36.5 Å². The van der Waals surface area contributed by atoms with Crippen molar-refractivity contribution in [1.29, 1.82) is 0 Å². The van der Waals surface area contributed by atoms with Crippen LogP contribution in [0.1, 0.15) is 56.1 Å². The van der Waals surface area contributed by atoms with Gasteiger partial charge < -0.3 is 4.98 Å². The van der Waals surface area contributed by atoms with Gasteiger partial charge in [0.2, 0.25) is 0 Å². The minimum atomic E-state index is 0.777. The van der Waals surface area contributed by atoms with Crippen molar-refractivity contribution in [3.8, 4) is 0 Å². The van der Waals surface area contributed by atoms with Gasteiger partial charge in [-0.1, -0.05) is 18.2 Å². The first-order valence-corrected chi connectivity index (χ1v) is 9.62. The zero-order chi connectivity index (χ0) is 15.9. The number of fused-ring (bicyclic) bond motifs is 2. The summed E-state index contributed by atoms with van der Waals surface area (Å²) in [5.74, 6) is 0. The molecule has 124 valence electrons. The monoisotopic (exact) mass is 318 g/mol. The number of hydrogen-bond acceptors (Lipinski definition) is 1. The Balaban J connectivity index is 1.53. The standard InChI is InChI=1S/C22H26N2/c1-2-5-16(6-3-1)17-8-9-22-20(14-17)21(15-23-22)18-10-12-24-11-4-7-19(24)13-18/h5,8-10,14-15,19,23H,1-4,6-7,11-13H2. The molecule has 1 aromatic heterocycles. The Bertz CT molecular complexity index is 824. The molecule has 2 nitrogen and oxygen atoms in total. The highest BCUT2D eigenvalue weighted by Crippen LogP contribution is 2.36. The van der Waals surface area contributed by atoms with Crippen LogP contribution >= 0.6 is 0 Å². The number of nitrogens with one attached hydrogen (secondary N) is 1. The summed E-state index contributed by atoms with van der Waals surface area (Å²) in [6, 6.07) is 7.78. The highest BCUT2D eigenvalue weighted by Gasteiger charge is 2.28. The molecule has 0 saturated carbocycles. The van der Waals surface area contributed by atoms with E-state index >= 15 is 0 Å². The van der Waals surface area contributed by atoms with Crippen molar-refractivity contribution in [2.75, 3.05) is 13.1 Å². The largest absolute Gasteiger partial charge is 0.361 e. The Morgan fingerprint density at radius 1 is 1.04 bits per heavy atom. The van der Waals surface area contributed by atoms with E-state index in [9.17, 15) is 0 Å². The van der Waals surface area contributed by atoms with E-state index in [4.69, 9.17) is 0 Å². The SMILES string of the molecule is C1=C(c2ccc3[nH]cc(C4=CCN5CCCC5C4)c3c2)CCCC1. The fraction of sp³-hybridized carbons (Fsp3) is 0.455. The maximum absolute atomic E-state index is 3.50. The van der Waals surface area contributed by atoms with Crippen LogP contribution in [-0.4, -0.2) is 29.0 Å². The molecule has 1 aromatic carbocycles. The molecule has 1 N–H and O–H groups in total. The number of nitrogens with zero attached hydrogens (tertiary/aromatic N) is 1. The molecule has 0 amide bonds. The van der Waals surface area contributed by atoms with Crippen LogP contribution < -0.4 is 0 Å². The molecule has 0 spiro atoms. The first-order valence-electron chi connectivity index (χ1n) is 9.62. The molecule has 5 rings (SSSR count). The molecule has 2 aliphatic heterocycles. The number of aromatic amines is 1. The number of aromatic nitrogens is 1. The summed E-state index contributed by atoms with van der Waals surface area (Å²) in [4.78, 5) is 6.15. The van der Waals surface area contributed by atoms with Crippen LogP contribution in [-0.2, 0) is 0 Å². The van der Waals surface area contributed by atoms with Gasteiger partial charge in [0.25, 0.3) is 0 Å². The fourth-order valence-corrected chi connectivity index (χ4v) is 4.84. The van der Waals surface area contributed by atoms with Gasteiger partial charge >= 0.3 is 0 Å². The van der Waals surface area contributed by atoms with Crippen LogP contribution in [0.25, 0.3) is 22.0 Å². The quantitative estimate of drug-likeness (QED) is 0.788. The number of allylic oxidation sites excluding steroid dienone is 2. The van der Waals surface area contributed by atoms with Gasteiger partial charge in [0.15, 0.2) is 0 Å². The van der Waals surface area contributed by atoms with E-state index in [1.165, 1.54) is 73.5 Å². The minimum Gasteiger partial charge on any atom is -0.361 e. The molecule has 1 fully saturated rings. The van der Waals surface area contributed by atoms with E-state index in [0.29, 0.717) is 0 Å². The summed E-state index contributed by atoms with van der Waals surface area (Å²) < 4.78 is 0. The molecule has 3 aliphatic rings. The summed E-state index contributed by atoms with van der Waals surface area (Å²) in [5.41, 5.74) is 7.26. The summed E-state index contributed by atoms with van der Waals surface area (Å²) in [5, 5.41) is 1.41. The van der Waals surface area contributed by atoms with Gasteiger partial charge in [-0.3, -0.25) is 4.90 Å². The van der Waals surface area contributed by atoms with E-state index in [0.717, 1.165) is 12.6 Å². The normalized spacial score (nSPS) is 24.8. The molecule has 2 heteroatoms. The average molecular weight is 318 g/mol. The second-order valence-electron chi connectivity index (χ2n) is 7.66. The molecule has 1 atom stereocenters. The molecule has 3 heterocycles. The third kappa shape index (κ3) is 2.44. The van der Waals surface area contributed by atoms with Crippen molar-refractivity contribution in [2.24, 2.45) is 0 Å². The van der Waals surface area contributed by atoms with E-state index in [1.54, 1.807) is 11.1 Å². The molecule has 24 heavy (non-hydrogen) atoms. The lowest BCUT2D eigenvalue weighted by Gasteiger charge is -2.29. The lowest BCUT2D eigenvalue weighted by molar-refractivity contribution is 0.275. The summed E-state index contributed by atoms with van der Waals surface area (Å²) in [6.07, 6.45) is 16.3. The van der Waals surface area contributed by atoms with Crippen LogP contribution in [0.4, 0.5) is 0 Å². The van der Waals surface area contributed by atoms with E-state index in [1.807, 2.05) is 0 Å². The van der Waals surface area contributed by atoms with Gasteiger partial charge in [0.1, 0.15) is 0 Å². The van der Waals surface area contributed by atoms with Crippen molar-refractivity contribution in [3.05, 3.63) is 47.7 Å². The third-order valence-electron chi connectivity index (χ3n) is 6.22. The molecular formula is C22H26N2. The highest BCUT2D eigenvalue weighted by atomic mass is 15.2. The lowest BCUT2D eigenvalue weighted by Crippen LogP contribution is -2.32. The van der Waals surface area contributed by atoms with Gasteiger partial charge in [-0.25, -0.2) is 0 Å². The van der Waals surface area contributed by atoms with Gasteiger partial charge in [-0.05, 0) is 80.3 Å². The second kappa shape index (κ2) is 5.93. The molecule has 1 aliphatic carbocycles. The smallest absolute Gasteiger partial charge is 0.0460 e. The van der Waals surface area contributed by atoms with Gasteiger partial charge in [0, 0.05) is 35.2 Å². The molecule has 2 aromatic rings. The van der Waals surface area contributed by atoms with E-state index in [2.05, 4.69) is 46.4 Å². The summed E-state index contributed by atoms with van der Waals surface area (Å²) in [6.45, 7) is 2.43. The fourth-order valence-electron chi connectivity index (χ4n) is 4.84. The highest BCUT2D eigenvalue weighted by molar-refractivity contribution is 5.95. The maximum atomic E-state index is 3.50. The van der Waals surface area contributed by atoms with Crippen LogP contribution in [0.3, 0.4) is 0 Å². The Morgan fingerprint density at radius 2 is 2.04 bits per heavy atom. The van der Waals surface area contributed by atoms with E-state index < -0.39 is 0 Å². The summed E-state index contributed by atoms with van der Waals surface area (Å²) in [7, 11) is 0. The van der Waals surface area contributed by atoms with Gasteiger partial charge in [-0.15, -0.1) is 0 Å². The molecule has 1 saturated heterocycles. The van der Waals surface area contributed by atoms with Crippen molar-refractivity contribution in [3.63, 3.8) is 0 Å². The molecule has 0 bridgehead atoms. The van der Waals surface area contributed by atoms with Crippen LogP contribution in [0, 0.1) is 0 Å². The summed E-state index contributed by atoms with van der Waals surface area (Å²) >= 11 is 0. The number of benzene rings is 1. The lowest BCUT2D eigenvalue weighted by atomic mass is 9.90. The van der Waals surface area contributed by atoms with Gasteiger partial charge in [-0.2, -0.15) is 0 Å². The predicted molar refractivity (Wildman–Crippen MR) is 102 cm³/mol. The number of hydrogen-bond donors (Lipinski definition) is 1. The van der Waals surface area contributed by atoms with Crippen molar-refractivity contribution < 1.29 is 0 Å². The predicted octanol–water partition coefficient (Wildman–Crippen LogP) is 5.38. The Hall–Kier alpha value is -1.80. The number of rotatable bonds is 2. The first-order chi connectivity index (χ1) is 11.9. The van der Waals surface area contributed by atoms with Crippen LogP contribution in [0.5, 0.6) is 0 Å². The third-order valence-corrected chi connectivity index (χ3v) is 6.22. The molecule has 0 radical (unpaired) electrons. The Labute approximate surface area is 144 Å². The Morgan fingerprint density at radius 3 is 2.96 bits per heavy atom. The van der Waals surface area contributed by atoms with Crippen LogP contribution in [0.2, 0.25) is 0 Å². The minimum absolute atomic E-state index is 0.777. The average Bonchev–Trinajstić information content (AvgIpc) is 3.27. The molecule has 1 unspecified atom stereocenters. The zero-order valence-corrected chi connectivity index (χ0v) is 14.4. The second-order valence-corrected chi connectivity index (χ2v) is 7.66. The topological polar surface area (TPSA) is 19.0 Å². The Kier molecular flexibility index (Phi) is 3.59. The first kappa shape index (κ1) is 14.5.